The molecule has 0 N–H and O–H groups in total. The molecule has 5 heteroatoms. The Balaban J connectivity index is 2.60. The SMILES string of the molecule is CC(=O)Oc1c(CC(Br)CBr)cc2c(c1C)CC(=O)C=C2C. The number of ether oxygens (including phenoxy) is 1. The zero-order valence-corrected chi connectivity index (χ0v) is 16.0. The highest BCUT2D eigenvalue weighted by atomic mass is 79.9. The first-order valence-electron chi connectivity index (χ1n) is 7.08. The molecule has 0 saturated heterocycles. The number of carbonyl (C=O) groups excluding carboxylic acids is 2. The molecule has 1 aromatic rings. The van der Waals surface area contributed by atoms with Gasteiger partial charge in [-0.25, -0.2) is 0 Å². The summed E-state index contributed by atoms with van der Waals surface area (Å²) in [5.41, 5.74) is 4.88. The van der Waals surface area contributed by atoms with Gasteiger partial charge in [-0.1, -0.05) is 31.9 Å². The monoisotopic (exact) mass is 428 g/mol. The Morgan fingerprint density at radius 1 is 1.41 bits per heavy atom. The fourth-order valence-electron chi connectivity index (χ4n) is 2.76. The number of allylic oxidation sites excluding steroid dienone is 2. The Morgan fingerprint density at radius 3 is 2.68 bits per heavy atom. The van der Waals surface area contributed by atoms with Gasteiger partial charge in [-0.15, -0.1) is 0 Å². The van der Waals surface area contributed by atoms with E-state index in [1.165, 1.54) is 6.92 Å². The van der Waals surface area contributed by atoms with E-state index in [2.05, 4.69) is 37.9 Å². The average molecular weight is 430 g/mol. The molecule has 1 aromatic carbocycles. The molecule has 2 rings (SSSR count). The summed E-state index contributed by atoms with van der Waals surface area (Å²) in [4.78, 5) is 23.5. The van der Waals surface area contributed by atoms with Crippen LogP contribution in [0.15, 0.2) is 12.1 Å². The number of carbonyl (C=O) groups is 2. The molecular weight excluding hydrogens is 412 g/mol. The molecule has 0 radical (unpaired) electrons. The van der Waals surface area contributed by atoms with Crippen LogP contribution in [-0.4, -0.2) is 21.9 Å². The Labute approximate surface area is 147 Å². The van der Waals surface area contributed by atoms with Crippen molar-refractivity contribution in [1.29, 1.82) is 0 Å². The summed E-state index contributed by atoms with van der Waals surface area (Å²) < 4.78 is 5.45. The molecule has 0 fully saturated rings. The Hall–Kier alpha value is -0.940. The van der Waals surface area contributed by atoms with Crippen LogP contribution in [0.5, 0.6) is 5.75 Å². The second kappa shape index (κ2) is 7.09. The topological polar surface area (TPSA) is 43.4 Å². The van der Waals surface area contributed by atoms with Gasteiger partial charge in [-0.3, -0.25) is 9.59 Å². The van der Waals surface area contributed by atoms with Crippen LogP contribution in [0.4, 0.5) is 0 Å². The van der Waals surface area contributed by atoms with E-state index in [4.69, 9.17) is 4.74 Å². The van der Waals surface area contributed by atoms with Gasteiger partial charge in [-0.05, 0) is 60.2 Å². The van der Waals surface area contributed by atoms with Gasteiger partial charge in [0, 0.05) is 23.5 Å². The van der Waals surface area contributed by atoms with Crippen LogP contribution in [0.2, 0.25) is 0 Å². The molecule has 0 bridgehead atoms. The molecule has 118 valence electrons. The van der Waals surface area contributed by atoms with Gasteiger partial charge in [0.2, 0.25) is 0 Å². The van der Waals surface area contributed by atoms with E-state index in [9.17, 15) is 9.59 Å². The van der Waals surface area contributed by atoms with Crippen molar-refractivity contribution in [3.05, 3.63) is 34.4 Å². The first-order valence-corrected chi connectivity index (χ1v) is 9.12. The predicted molar refractivity (Wildman–Crippen MR) is 95.1 cm³/mol. The van der Waals surface area contributed by atoms with E-state index in [1.807, 2.05) is 13.8 Å². The first kappa shape index (κ1) is 17.4. The second-order valence-electron chi connectivity index (χ2n) is 5.54. The van der Waals surface area contributed by atoms with Crippen molar-refractivity contribution in [1.82, 2.24) is 0 Å². The van der Waals surface area contributed by atoms with E-state index in [0.29, 0.717) is 12.2 Å². The molecule has 1 aliphatic carbocycles. The van der Waals surface area contributed by atoms with E-state index >= 15 is 0 Å². The molecule has 0 aliphatic heterocycles. The van der Waals surface area contributed by atoms with E-state index in [0.717, 1.165) is 39.6 Å². The number of rotatable bonds is 4. The van der Waals surface area contributed by atoms with E-state index in [1.54, 1.807) is 6.08 Å². The fourth-order valence-corrected chi connectivity index (χ4v) is 3.34. The average Bonchev–Trinajstić information content (AvgIpc) is 2.43. The number of hydrogen-bond acceptors (Lipinski definition) is 3. The molecule has 0 spiro atoms. The molecule has 0 saturated carbocycles. The summed E-state index contributed by atoms with van der Waals surface area (Å²) in [6.07, 6.45) is 2.79. The molecular formula is C17H18Br2O3. The molecule has 0 heterocycles. The predicted octanol–water partition coefficient (Wildman–Crippen LogP) is 4.15. The third kappa shape index (κ3) is 3.69. The van der Waals surface area contributed by atoms with Crippen molar-refractivity contribution in [3.63, 3.8) is 0 Å². The van der Waals surface area contributed by atoms with Crippen LogP contribution in [0.3, 0.4) is 0 Å². The van der Waals surface area contributed by atoms with Gasteiger partial charge < -0.3 is 4.74 Å². The van der Waals surface area contributed by atoms with Crippen LogP contribution in [0, 0.1) is 6.92 Å². The van der Waals surface area contributed by atoms with Gasteiger partial charge in [0.1, 0.15) is 5.75 Å². The quantitative estimate of drug-likeness (QED) is 0.410. The molecule has 1 unspecified atom stereocenters. The van der Waals surface area contributed by atoms with Gasteiger partial charge in [0.05, 0.1) is 0 Å². The van der Waals surface area contributed by atoms with Crippen molar-refractivity contribution in [2.75, 3.05) is 5.33 Å². The number of fused-ring (bicyclic) bond motifs is 1. The maximum atomic E-state index is 11.8. The summed E-state index contributed by atoms with van der Waals surface area (Å²) in [6.45, 7) is 5.26. The largest absolute Gasteiger partial charge is 0.426 e. The summed E-state index contributed by atoms with van der Waals surface area (Å²) >= 11 is 7.05. The highest BCUT2D eigenvalue weighted by molar-refractivity contribution is 9.12. The van der Waals surface area contributed by atoms with Crippen LogP contribution in [0.1, 0.15) is 36.1 Å². The molecule has 1 aliphatic rings. The third-order valence-corrected chi connectivity index (χ3v) is 6.03. The zero-order chi connectivity index (χ0) is 16.4. The third-order valence-electron chi connectivity index (χ3n) is 3.74. The lowest BCUT2D eigenvalue weighted by molar-refractivity contribution is -0.132. The maximum Gasteiger partial charge on any atom is 0.308 e. The van der Waals surface area contributed by atoms with Crippen LogP contribution < -0.4 is 4.74 Å². The van der Waals surface area contributed by atoms with Crippen molar-refractivity contribution in [2.24, 2.45) is 0 Å². The number of ketones is 1. The van der Waals surface area contributed by atoms with E-state index in [-0.39, 0.29) is 16.6 Å². The molecule has 3 nitrogen and oxygen atoms in total. The molecule has 22 heavy (non-hydrogen) atoms. The number of alkyl halides is 2. The minimum atomic E-state index is -0.344. The number of esters is 1. The fraction of sp³-hybridized carbons (Fsp3) is 0.412. The van der Waals surface area contributed by atoms with Crippen molar-refractivity contribution in [3.8, 4) is 5.75 Å². The van der Waals surface area contributed by atoms with Crippen LogP contribution >= 0.6 is 31.9 Å². The summed E-state index contributed by atoms with van der Waals surface area (Å²) in [6, 6.07) is 2.05. The summed E-state index contributed by atoms with van der Waals surface area (Å²) in [5, 5.41) is 0.802. The van der Waals surface area contributed by atoms with Crippen molar-refractivity contribution in [2.45, 2.75) is 38.4 Å². The maximum absolute atomic E-state index is 11.8. The number of benzene rings is 1. The lowest BCUT2D eigenvalue weighted by Crippen LogP contribution is -2.16. The van der Waals surface area contributed by atoms with E-state index < -0.39 is 0 Å². The second-order valence-corrected chi connectivity index (χ2v) is 7.48. The van der Waals surface area contributed by atoms with Crippen LogP contribution in [-0.2, 0) is 22.4 Å². The van der Waals surface area contributed by atoms with Crippen LogP contribution in [0.25, 0.3) is 5.57 Å². The Kier molecular flexibility index (Phi) is 5.61. The minimum absolute atomic E-state index is 0.0912. The zero-order valence-electron chi connectivity index (χ0n) is 12.8. The summed E-state index contributed by atoms with van der Waals surface area (Å²) in [5.74, 6) is 0.344. The van der Waals surface area contributed by atoms with Crippen molar-refractivity contribution >= 4 is 49.2 Å². The number of halogens is 2. The normalized spacial score (nSPS) is 15.1. The minimum Gasteiger partial charge on any atom is -0.426 e. The Bertz CT molecular complexity index is 662. The van der Waals surface area contributed by atoms with Crippen molar-refractivity contribution < 1.29 is 14.3 Å². The first-order chi connectivity index (χ1) is 10.3. The van der Waals surface area contributed by atoms with Gasteiger partial charge in [-0.2, -0.15) is 0 Å². The number of hydrogen-bond donors (Lipinski definition) is 0. The van der Waals surface area contributed by atoms with Gasteiger partial charge in [0.15, 0.2) is 5.78 Å². The smallest absolute Gasteiger partial charge is 0.308 e. The molecule has 1 atom stereocenters. The lowest BCUT2D eigenvalue weighted by atomic mass is 9.85. The Morgan fingerprint density at radius 2 is 2.09 bits per heavy atom. The molecule has 0 amide bonds. The highest BCUT2D eigenvalue weighted by Crippen LogP contribution is 2.37. The van der Waals surface area contributed by atoms with Gasteiger partial charge in [0.25, 0.3) is 0 Å². The lowest BCUT2D eigenvalue weighted by Gasteiger charge is -2.23. The van der Waals surface area contributed by atoms with Gasteiger partial charge >= 0.3 is 5.97 Å². The summed E-state index contributed by atoms with van der Waals surface area (Å²) in [7, 11) is 0. The highest BCUT2D eigenvalue weighted by Gasteiger charge is 2.23. The standard InChI is InChI=1S/C17H18Br2O3/c1-9-4-14(21)7-16-10(2)17(22-11(3)20)12(6-15(9)16)5-13(19)8-18/h4,6,13H,5,7-8H2,1-3H3. The molecule has 0 aromatic heterocycles.